The van der Waals surface area contributed by atoms with Gasteiger partial charge in [0.15, 0.2) is 0 Å². The Hall–Kier alpha value is -1.46. The van der Waals surface area contributed by atoms with Gasteiger partial charge in [-0.15, -0.1) is 0 Å². The third kappa shape index (κ3) is 2.79. The minimum atomic E-state index is -1.28. The van der Waals surface area contributed by atoms with Crippen molar-refractivity contribution in [2.24, 2.45) is 0 Å². The second-order valence-corrected chi connectivity index (χ2v) is 3.76. The first kappa shape index (κ1) is 12.5. The molecule has 0 aliphatic heterocycles. The van der Waals surface area contributed by atoms with Crippen molar-refractivity contribution in [1.29, 1.82) is 0 Å². The molecule has 0 aliphatic rings. The Morgan fingerprint density at radius 2 is 1.57 bits per heavy atom. The molecule has 0 aromatic heterocycles. The Morgan fingerprint density at radius 1 is 1.14 bits per heavy atom. The number of rotatable bonds is 1. The quantitative estimate of drug-likeness (QED) is 0.637. The summed E-state index contributed by atoms with van der Waals surface area (Å²) in [6, 6.07) is 0. The molecule has 14 heavy (non-hydrogen) atoms. The molecule has 0 unspecified atom stereocenters. The summed E-state index contributed by atoms with van der Waals surface area (Å²) in [5.74, 6) is 0. The Bertz CT molecular complexity index is 234. The van der Waals surface area contributed by atoms with E-state index in [9.17, 15) is 9.59 Å². The SMILES string of the molecule is CCN(C(=O)O)N(C(=O)O)C(C)(C)C. The van der Waals surface area contributed by atoms with E-state index in [1.807, 2.05) is 0 Å². The molecular weight excluding hydrogens is 188 g/mol. The number of carbonyl (C=O) groups is 2. The van der Waals surface area contributed by atoms with Crippen molar-refractivity contribution in [2.75, 3.05) is 6.54 Å². The molecule has 2 N–H and O–H groups in total. The third-order valence-electron chi connectivity index (χ3n) is 1.58. The third-order valence-corrected chi connectivity index (χ3v) is 1.58. The number of hydrogen-bond donors (Lipinski definition) is 2. The minimum Gasteiger partial charge on any atom is -0.464 e. The highest BCUT2D eigenvalue weighted by Crippen LogP contribution is 2.16. The van der Waals surface area contributed by atoms with E-state index in [1.165, 1.54) is 0 Å². The second-order valence-electron chi connectivity index (χ2n) is 3.76. The summed E-state index contributed by atoms with van der Waals surface area (Å²) in [6.07, 6.45) is -2.55. The van der Waals surface area contributed by atoms with Crippen molar-refractivity contribution >= 4 is 12.2 Å². The van der Waals surface area contributed by atoms with E-state index in [1.54, 1.807) is 27.7 Å². The van der Waals surface area contributed by atoms with Crippen molar-refractivity contribution in [2.45, 2.75) is 33.2 Å². The van der Waals surface area contributed by atoms with Gasteiger partial charge in [-0.3, -0.25) is 0 Å². The zero-order valence-corrected chi connectivity index (χ0v) is 8.81. The van der Waals surface area contributed by atoms with E-state index in [0.29, 0.717) is 0 Å². The van der Waals surface area contributed by atoms with Crippen LogP contribution >= 0.6 is 0 Å². The second kappa shape index (κ2) is 4.17. The van der Waals surface area contributed by atoms with Gasteiger partial charge in [0.05, 0.1) is 5.54 Å². The van der Waals surface area contributed by atoms with Gasteiger partial charge >= 0.3 is 12.2 Å². The van der Waals surface area contributed by atoms with Crippen LogP contribution in [-0.2, 0) is 0 Å². The molecule has 0 rings (SSSR count). The van der Waals surface area contributed by atoms with Crippen molar-refractivity contribution < 1.29 is 19.8 Å². The van der Waals surface area contributed by atoms with Crippen LogP contribution in [0.5, 0.6) is 0 Å². The lowest BCUT2D eigenvalue weighted by molar-refractivity contribution is -0.0468. The highest BCUT2D eigenvalue weighted by atomic mass is 16.4. The lowest BCUT2D eigenvalue weighted by Gasteiger charge is -2.39. The molecule has 0 atom stereocenters. The summed E-state index contributed by atoms with van der Waals surface area (Å²) < 4.78 is 0. The van der Waals surface area contributed by atoms with Crippen LogP contribution in [0.3, 0.4) is 0 Å². The maximum absolute atomic E-state index is 10.9. The average molecular weight is 204 g/mol. The van der Waals surface area contributed by atoms with E-state index >= 15 is 0 Å². The van der Waals surface area contributed by atoms with Crippen molar-refractivity contribution in [3.05, 3.63) is 0 Å². The van der Waals surface area contributed by atoms with Gasteiger partial charge < -0.3 is 10.2 Å². The summed E-state index contributed by atoms with van der Waals surface area (Å²) in [4.78, 5) is 21.6. The lowest BCUT2D eigenvalue weighted by Crippen LogP contribution is -2.57. The summed E-state index contributed by atoms with van der Waals surface area (Å²) in [6.45, 7) is 6.57. The molecule has 0 bridgehead atoms. The maximum Gasteiger partial charge on any atom is 0.426 e. The van der Waals surface area contributed by atoms with Crippen LogP contribution in [0.4, 0.5) is 9.59 Å². The predicted molar refractivity (Wildman–Crippen MR) is 50.0 cm³/mol. The Balaban J connectivity index is 4.99. The molecule has 6 heteroatoms. The van der Waals surface area contributed by atoms with E-state index in [0.717, 1.165) is 10.0 Å². The molecule has 82 valence electrons. The van der Waals surface area contributed by atoms with Gasteiger partial charge in [0, 0.05) is 6.54 Å². The highest BCUT2D eigenvalue weighted by molar-refractivity contribution is 5.72. The number of nitrogens with zero attached hydrogens (tertiary/aromatic N) is 2. The zero-order valence-electron chi connectivity index (χ0n) is 8.81. The molecule has 0 radical (unpaired) electrons. The van der Waals surface area contributed by atoms with Crippen LogP contribution in [0.1, 0.15) is 27.7 Å². The number of carboxylic acid groups (broad SMARTS) is 2. The van der Waals surface area contributed by atoms with E-state index in [-0.39, 0.29) is 6.54 Å². The zero-order chi connectivity index (χ0) is 11.5. The average Bonchev–Trinajstić information content (AvgIpc) is 1.95. The standard InChI is InChI=1S/C8H16N2O4/c1-5-9(6(11)12)10(7(13)14)8(2,3)4/h5H2,1-4H3,(H,11,12)(H,13,14). The molecule has 6 nitrogen and oxygen atoms in total. The smallest absolute Gasteiger partial charge is 0.426 e. The van der Waals surface area contributed by atoms with Gasteiger partial charge in [-0.25, -0.2) is 19.6 Å². The lowest BCUT2D eigenvalue weighted by atomic mass is 10.1. The first-order chi connectivity index (χ1) is 6.21. The molecule has 0 aromatic carbocycles. The molecule has 0 heterocycles. The predicted octanol–water partition coefficient (Wildman–Crippen LogP) is 1.68. The molecule has 0 aromatic rings. The van der Waals surface area contributed by atoms with Gasteiger partial charge in [-0.05, 0) is 27.7 Å². The van der Waals surface area contributed by atoms with Gasteiger partial charge in [0.2, 0.25) is 0 Å². The largest absolute Gasteiger partial charge is 0.464 e. The summed E-state index contributed by atoms with van der Waals surface area (Å²) >= 11 is 0. The number of amides is 2. The fourth-order valence-electron chi connectivity index (χ4n) is 1.11. The fraction of sp³-hybridized carbons (Fsp3) is 0.750. The van der Waals surface area contributed by atoms with Crippen LogP contribution in [-0.4, -0.2) is 44.5 Å². The summed E-state index contributed by atoms with van der Waals surface area (Å²) in [7, 11) is 0. The molecule has 0 spiro atoms. The Kier molecular flexibility index (Phi) is 3.73. The minimum absolute atomic E-state index is 0.0961. The summed E-state index contributed by atoms with van der Waals surface area (Å²) in [5.41, 5.74) is -0.778. The number of hydrogen-bond acceptors (Lipinski definition) is 2. The molecule has 0 fully saturated rings. The van der Waals surface area contributed by atoms with Crippen LogP contribution < -0.4 is 0 Å². The van der Waals surface area contributed by atoms with Crippen molar-refractivity contribution in [3.63, 3.8) is 0 Å². The van der Waals surface area contributed by atoms with Crippen LogP contribution in [0.2, 0.25) is 0 Å². The summed E-state index contributed by atoms with van der Waals surface area (Å²) in [5, 5.41) is 19.2. The van der Waals surface area contributed by atoms with Gasteiger partial charge in [-0.1, -0.05) is 0 Å². The first-order valence-corrected chi connectivity index (χ1v) is 4.25. The van der Waals surface area contributed by atoms with Gasteiger partial charge in [0.25, 0.3) is 0 Å². The Labute approximate surface area is 82.7 Å². The maximum atomic E-state index is 10.9. The van der Waals surface area contributed by atoms with Crippen molar-refractivity contribution in [3.8, 4) is 0 Å². The van der Waals surface area contributed by atoms with E-state index < -0.39 is 17.7 Å². The van der Waals surface area contributed by atoms with Crippen LogP contribution in [0.15, 0.2) is 0 Å². The van der Waals surface area contributed by atoms with Gasteiger partial charge in [-0.2, -0.15) is 0 Å². The van der Waals surface area contributed by atoms with E-state index in [2.05, 4.69) is 0 Å². The molecule has 2 amide bonds. The highest BCUT2D eigenvalue weighted by Gasteiger charge is 2.33. The molecule has 0 saturated carbocycles. The van der Waals surface area contributed by atoms with Crippen molar-refractivity contribution in [1.82, 2.24) is 10.0 Å². The van der Waals surface area contributed by atoms with Crippen LogP contribution in [0.25, 0.3) is 0 Å². The van der Waals surface area contributed by atoms with E-state index in [4.69, 9.17) is 10.2 Å². The van der Waals surface area contributed by atoms with Gasteiger partial charge in [0.1, 0.15) is 0 Å². The first-order valence-electron chi connectivity index (χ1n) is 4.25. The topological polar surface area (TPSA) is 81.1 Å². The molecule has 0 aliphatic carbocycles. The normalized spacial score (nSPS) is 10.9. The Morgan fingerprint density at radius 3 is 1.64 bits per heavy atom. The molecule has 0 saturated heterocycles. The number of hydrazine groups is 1. The van der Waals surface area contributed by atoms with Crippen LogP contribution in [0, 0.1) is 0 Å². The fourth-order valence-corrected chi connectivity index (χ4v) is 1.11. The monoisotopic (exact) mass is 204 g/mol. The molecular formula is C8H16N2O4.